The van der Waals surface area contributed by atoms with Gasteiger partial charge in [0.2, 0.25) is 10.0 Å². The molecule has 1 aromatic rings. The second kappa shape index (κ2) is 7.95. The molecule has 0 aromatic heterocycles. The number of halogens is 1. The van der Waals surface area contributed by atoms with Crippen LogP contribution in [0.5, 0.6) is 0 Å². The summed E-state index contributed by atoms with van der Waals surface area (Å²) in [6.07, 6.45) is 9.08. The van der Waals surface area contributed by atoms with E-state index < -0.39 is 10.0 Å². The molecular formula is C19H29ClN2O2S. The topological polar surface area (TPSA) is 49.4 Å². The van der Waals surface area contributed by atoms with Gasteiger partial charge in [-0.1, -0.05) is 6.07 Å². The van der Waals surface area contributed by atoms with Crippen LogP contribution in [0.2, 0.25) is 0 Å². The molecule has 140 valence electrons. The standard InChI is InChI=1S/C19H28N2O2S.ClH/c22-24(23,19-8-7-16-3-1-2-4-17(16)13-19)21-11-9-18(10-12-21)20-14-15-5-6-15;/h7-8,13,15,18,20H,1-6,9-12,14H2;1H. The largest absolute Gasteiger partial charge is 0.314 e. The number of aryl methyl sites for hydroxylation is 2. The van der Waals surface area contributed by atoms with Crippen molar-refractivity contribution in [2.24, 2.45) is 5.92 Å². The van der Waals surface area contributed by atoms with E-state index >= 15 is 0 Å². The lowest BCUT2D eigenvalue weighted by molar-refractivity contribution is 0.288. The molecule has 0 bridgehead atoms. The average molecular weight is 385 g/mol. The Bertz CT molecular complexity index is 695. The SMILES string of the molecule is Cl.O=S(=O)(c1ccc2c(c1)CCCC2)N1CCC(NCC2CC2)CC1. The number of nitrogens with zero attached hydrogens (tertiary/aromatic N) is 1. The van der Waals surface area contributed by atoms with Crippen molar-refractivity contribution in [2.75, 3.05) is 19.6 Å². The van der Waals surface area contributed by atoms with E-state index in [2.05, 4.69) is 5.32 Å². The van der Waals surface area contributed by atoms with E-state index in [1.54, 1.807) is 4.31 Å². The van der Waals surface area contributed by atoms with Crippen LogP contribution < -0.4 is 5.32 Å². The molecule has 0 atom stereocenters. The Kier molecular flexibility index (Phi) is 6.09. The maximum atomic E-state index is 13.0. The van der Waals surface area contributed by atoms with Crippen molar-refractivity contribution in [2.45, 2.75) is 62.3 Å². The van der Waals surface area contributed by atoms with Gasteiger partial charge in [-0.05, 0) is 87.1 Å². The summed E-state index contributed by atoms with van der Waals surface area (Å²) in [5, 5.41) is 3.61. The van der Waals surface area contributed by atoms with E-state index in [-0.39, 0.29) is 12.4 Å². The predicted octanol–water partition coefficient (Wildman–Crippen LogP) is 3.14. The third-order valence-electron chi connectivity index (χ3n) is 5.80. The first-order valence-electron chi connectivity index (χ1n) is 9.48. The van der Waals surface area contributed by atoms with E-state index in [4.69, 9.17) is 0 Å². The summed E-state index contributed by atoms with van der Waals surface area (Å²) < 4.78 is 27.6. The maximum Gasteiger partial charge on any atom is 0.243 e. The molecule has 0 unspecified atom stereocenters. The Balaban J connectivity index is 0.00000182. The zero-order valence-electron chi connectivity index (χ0n) is 14.7. The van der Waals surface area contributed by atoms with E-state index in [0.29, 0.717) is 24.0 Å². The fourth-order valence-electron chi connectivity index (χ4n) is 3.97. The molecule has 1 aromatic carbocycles. The van der Waals surface area contributed by atoms with Crippen LogP contribution in [0.4, 0.5) is 0 Å². The van der Waals surface area contributed by atoms with Gasteiger partial charge in [-0.25, -0.2) is 8.42 Å². The third-order valence-corrected chi connectivity index (χ3v) is 7.70. The van der Waals surface area contributed by atoms with Crippen LogP contribution in [-0.2, 0) is 22.9 Å². The number of sulfonamides is 1. The highest BCUT2D eigenvalue weighted by Gasteiger charge is 2.30. The van der Waals surface area contributed by atoms with Crippen LogP contribution in [0.3, 0.4) is 0 Å². The van der Waals surface area contributed by atoms with Crippen LogP contribution in [0.1, 0.15) is 49.7 Å². The minimum Gasteiger partial charge on any atom is -0.314 e. The average Bonchev–Trinajstić information content (AvgIpc) is 3.44. The summed E-state index contributed by atoms with van der Waals surface area (Å²) >= 11 is 0. The van der Waals surface area contributed by atoms with Crippen molar-refractivity contribution >= 4 is 22.4 Å². The highest BCUT2D eigenvalue weighted by Crippen LogP contribution is 2.29. The fraction of sp³-hybridized carbons (Fsp3) is 0.684. The third kappa shape index (κ3) is 4.38. The highest BCUT2D eigenvalue weighted by molar-refractivity contribution is 7.89. The molecule has 1 saturated heterocycles. The van der Waals surface area contributed by atoms with Gasteiger partial charge in [-0.3, -0.25) is 0 Å². The van der Waals surface area contributed by atoms with E-state index in [1.165, 1.54) is 36.8 Å². The molecule has 4 nitrogen and oxygen atoms in total. The van der Waals surface area contributed by atoms with E-state index in [0.717, 1.165) is 38.1 Å². The lowest BCUT2D eigenvalue weighted by Gasteiger charge is -2.32. The fourth-order valence-corrected chi connectivity index (χ4v) is 5.50. The van der Waals surface area contributed by atoms with Crippen LogP contribution in [0.25, 0.3) is 0 Å². The second-order valence-electron chi connectivity index (χ2n) is 7.67. The van der Waals surface area contributed by atoms with Crippen LogP contribution in [-0.4, -0.2) is 38.4 Å². The van der Waals surface area contributed by atoms with Crippen molar-refractivity contribution in [3.8, 4) is 0 Å². The summed E-state index contributed by atoms with van der Waals surface area (Å²) in [5.41, 5.74) is 2.58. The number of rotatable bonds is 5. The minimum atomic E-state index is -3.33. The van der Waals surface area contributed by atoms with E-state index in [1.807, 2.05) is 18.2 Å². The van der Waals surface area contributed by atoms with Gasteiger partial charge < -0.3 is 5.32 Å². The first kappa shape index (κ1) is 19.2. The van der Waals surface area contributed by atoms with Gasteiger partial charge in [0.15, 0.2) is 0 Å². The molecule has 25 heavy (non-hydrogen) atoms. The lowest BCUT2D eigenvalue weighted by Crippen LogP contribution is -2.45. The smallest absolute Gasteiger partial charge is 0.243 e. The Labute approximate surface area is 157 Å². The highest BCUT2D eigenvalue weighted by atomic mass is 35.5. The van der Waals surface area contributed by atoms with E-state index in [9.17, 15) is 8.42 Å². The predicted molar refractivity (Wildman–Crippen MR) is 103 cm³/mol. The zero-order chi connectivity index (χ0) is 16.6. The van der Waals surface area contributed by atoms with Gasteiger partial charge >= 0.3 is 0 Å². The Morgan fingerprint density at radius 2 is 1.68 bits per heavy atom. The summed E-state index contributed by atoms with van der Waals surface area (Å²) in [6.45, 7) is 2.39. The summed E-state index contributed by atoms with van der Waals surface area (Å²) in [6, 6.07) is 6.27. The van der Waals surface area contributed by atoms with Crippen molar-refractivity contribution in [3.05, 3.63) is 29.3 Å². The maximum absolute atomic E-state index is 13.0. The van der Waals surface area contributed by atoms with Gasteiger partial charge in [0, 0.05) is 19.1 Å². The van der Waals surface area contributed by atoms with Crippen molar-refractivity contribution in [1.29, 1.82) is 0 Å². The number of nitrogens with one attached hydrogen (secondary N) is 1. The molecule has 3 aliphatic rings. The van der Waals surface area contributed by atoms with Gasteiger partial charge in [-0.15, -0.1) is 12.4 Å². The van der Waals surface area contributed by atoms with Crippen LogP contribution in [0, 0.1) is 5.92 Å². The zero-order valence-corrected chi connectivity index (χ0v) is 16.4. The van der Waals surface area contributed by atoms with Crippen LogP contribution in [0.15, 0.2) is 23.1 Å². The number of hydrogen-bond donors (Lipinski definition) is 1. The Morgan fingerprint density at radius 1 is 1.00 bits per heavy atom. The van der Waals surface area contributed by atoms with Crippen molar-refractivity contribution in [3.63, 3.8) is 0 Å². The molecule has 6 heteroatoms. The number of piperidine rings is 1. The molecule has 1 heterocycles. The first-order valence-corrected chi connectivity index (χ1v) is 10.9. The van der Waals surface area contributed by atoms with Gasteiger partial charge in [0.25, 0.3) is 0 Å². The number of hydrogen-bond acceptors (Lipinski definition) is 3. The lowest BCUT2D eigenvalue weighted by atomic mass is 9.92. The molecule has 0 radical (unpaired) electrons. The molecular weight excluding hydrogens is 356 g/mol. The molecule has 1 aliphatic heterocycles. The molecule has 0 spiro atoms. The molecule has 4 rings (SSSR count). The normalized spacial score (nSPS) is 22.2. The number of fused-ring (bicyclic) bond motifs is 1. The second-order valence-corrected chi connectivity index (χ2v) is 9.61. The Hall–Kier alpha value is -0.620. The first-order chi connectivity index (χ1) is 11.6. The van der Waals surface area contributed by atoms with Crippen molar-refractivity contribution in [1.82, 2.24) is 9.62 Å². The van der Waals surface area contributed by atoms with Crippen molar-refractivity contribution < 1.29 is 8.42 Å². The summed E-state index contributed by atoms with van der Waals surface area (Å²) in [4.78, 5) is 0.493. The summed E-state index contributed by atoms with van der Waals surface area (Å²) in [5.74, 6) is 0.877. The molecule has 1 N–H and O–H groups in total. The quantitative estimate of drug-likeness (QED) is 0.848. The van der Waals surface area contributed by atoms with Gasteiger partial charge in [0.1, 0.15) is 0 Å². The summed E-state index contributed by atoms with van der Waals surface area (Å²) in [7, 11) is -3.33. The Morgan fingerprint density at radius 3 is 2.36 bits per heavy atom. The monoisotopic (exact) mass is 384 g/mol. The molecule has 2 aliphatic carbocycles. The van der Waals surface area contributed by atoms with Crippen LogP contribution >= 0.6 is 12.4 Å². The minimum absolute atomic E-state index is 0. The van der Waals surface area contributed by atoms with Gasteiger partial charge in [0.05, 0.1) is 4.90 Å². The molecule has 1 saturated carbocycles. The van der Waals surface area contributed by atoms with Gasteiger partial charge in [-0.2, -0.15) is 4.31 Å². The number of benzene rings is 1. The molecule has 2 fully saturated rings. The molecule has 0 amide bonds.